The lowest BCUT2D eigenvalue weighted by Gasteiger charge is -2.23. The number of amides is 2. The quantitative estimate of drug-likeness (QED) is 0.790. The molecule has 1 atom stereocenters. The monoisotopic (exact) mass is 409 g/mol. The van der Waals surface area contributed by atoms with Gasteiger partial charge in [-0.05, 0) is 61.4 Å². The first-order valence-electron chi connectivity index (χ1n) is 9.36. The van der Waals surface area contributed by atoms with Gasteiger partial charge in [-0.15, -0.1) is 11.8 Å². The van der Waals surface area contributed by atoms with Gasteiger partial charge in [0.05, 0.1) is 30.5 Å². The van der Waals surface area contributed by atoms with Crippen molar-refractivity contribution in [3.8, 4) is 11.8 Å². The normalized spacial score (nSPS) is 15.6. The lowest BCUT2D eigenvalue weighted by atomic mass is 10.1. The lowest BCUT2D eigenvalue weighted by Crippen LogP contribution is -2.44. The molecule has 1 aliphatic rings. The Morgan fingerprint density at radius 2 is 1.97 bits per heavy atom. The molecule has 29 heavy (non-hydrogen) atoms. The number of hydrogen-bond acceptors (Lipinski definition) is 5. The SMILES string of the molecule is Cc1ccc(OCCC(=O)N2CSCC2C(=O)Nc2ccc(C#N)cc2)cc1C. The summed E-state index contributed by atoms with van der Waals surface area (Å²) in [5.41, 5.74) is 3.47. The average Bonchev–Trinajstić information content (AvgIpc) is 3.21. The second kappa shape index (κ2) is 9.48. The lowest BCUT2D eigenvalue weighted by molar-refractivity contribution is -0.136. The van der Waals surface area contributed by atoms with Crippen molar-refractivity contribution in [2.75, 3.05) is 23.6 Å². The first-order valence-corrected chi connectivity index (χ1v) is 10.5. The van der Waals surface area contributed by atoms with Gasteiger partial charge in [0.25, 0.3) is 0 Å². The predicted molar refractivity (Wildman–Crippen MR) is 114 cm³/mol. The fraction of sp³-hybridized carbons (Fsp3) is 0.318. The molecule has 2 aromatic rings. The molecule has 0 spiro atoms. The minimum Gasteiger partial charge on any atom is -0.493 e. The third-order valence-corrected chi connectivity index (χ3v) is 5.86. The van der Waals surface area contributed by atoms with E-state index in [1.165, 1.54) is 5.56 Å². The highest BCUT2D eigenvalue weighted by atomic mass is 32.2. The van der Waals surface area contributed by atoms with E-state index in [4.69, 9.17) is 10.00 Å². The molecule has 0 aliphatic carbocycles. The fourth-order valence-electron chi connectivity index (χ4n) is 2.96. The van der Waals surface area contributed by atoms with Crippen LogP contribution in [0.2, 0.25) is 0 Å². The van der Waals surface area contributed by atoms with Crippen LogP contribution in [0.25, 0.3) is 0 Å². The average molecular weight is 410 g/mol. The van der Waals surface area contributed by atoms with E-state index >= 15 is 0 Å². The molecule has 0 aromatic heterocycles. The number of nitrogens with zero attached hydrogens (tertiary/aromatic N) is 2. The van der Waals surface area contributed by atoms with E-state index in [0.717, 1.165) is 11.3 Å². The number of anilines is 1. The molecule has 1 fully saturated rings. The Bertz CT molecular complexity index is 937. The van der Waals surface area contributed by atoms with Crippen molar-refractivity contribution in [1.29, 1.82) is 5.26 Å². The van der Waals surface area contributed by atoms with Crippen molar-refractivity contribution in [3.63, 3.8) is 0 Å². The zero-order valence-corrected chi connectivity index (χ0v) is 17.3. The largest absolute Gasteiger partial charge is 0.493 e. The molecular weight excluding hydrogens is 386 g/mol. The van der Waals surface area contributed by atoms with Crippen LogP contribution in [0.5, 0.6) is 5.75 Å². The van der Waals surface area contributed by atoms with Gasteiger partial charge in [-0.3, -0.25) is 9.59 Å². The molecular formula is C22H23N3O3S. The molecule has 0 saturated carbocycles. The van der Waals surface area contributed by atoms with Crippen LogP contribution in [0.1, 0.15) is 23.1 Å². The Balaban J connectivity index is 1.53. The topological polar surface area (TPSA) is 82.4 Å². The standard InChI is InChI=1S/C22H23N3O3S/c1-15-3-8-19(11-16(15)2)28-10-9-21(26)25-14-29-13-20(25)22(27)24-18-6-4-17(12-23)5-7-18/h3-8,11,20H,9-10,13-14H2,1-2H3,(H,24,27). The molecule has 2 aromatic carbocycles. The van der Waals surface area contributed by atoms with Gasteiger partial charge < -0.3 is 15.0 Å². The zero-order chi connectivity index (χ0) is 20.8. The summed E-state index contributed by atoms with van der Waals surface area (Å²) in [6.07, 6.45) is 0.216. The molecule has 1 saturated heterocycles. The van der Waals surface area contributed by atoms with Gasteiger partial charge in [0, 0.05) is 11.4 Å². The number of carbonyl (C=O) groups is 2. The van der Waals surface area contributed by atoms with E-state index in [2.05, 4.69) is 5.32 Å². The van der Waals surface area contributed by atoms with Gasteiger partial charge >= 0.3 is 0 Å². The number of nitrogens with one attached hydrogen (secondary N) is 1. The summed E-state index contributed by atoms with van der Waals surface area (Å²) in [4.78, 5) is 26.9. The van der Waals surface area contributed by atoms with Crippen LogP contribution in [0, 0.1) is 25.2 Å². The number of hydrogen-bond donors (Lipinski definition) is 1. The molecule has 1 heterocycles. The van der Waals surface area contributed by atoms with Gasteiger partial charge in [0.15, 0.2) is 0 Å². The van der Waals surface area contributed by atoms with E-state index in [-0.39, 0.29) is 24.8 Å². The number of rotatable bonds is 6. The summed E-state index contributed by atoms with van der Waals surface area (Å²) < 4.78 is 5.70. The molecule has 0 bridgehead atoms. The molecule has 2 amide bonds. The van der Waals surface area contributed by atoms with Crippen LogP contribution in [0.3, 0.4) is 0 Å². The van der Waals surface area contributed by atoms with Crippen LogP contribution >= 0.6 is 11.8 Å². The van der Waals surface area contributed by atoms with Gasteiger partial charge in [-0.1, -0.05) is 6.07 Å². The second-order valence-corrected chi connectivity index (χ2v) is 7.90. The Morgan fingerprint density at radius 3 is 2.66 bits per heavy atom. The second-order valence-electron chi connectivity index (χ2n) is 6.90. The number of aryl methyl sites for hydroxylation is 2. The third kappa shape index (κ3) is 5.30. The minimum atomic E-state index is -0.509. The van der Waals surface area contributed by atoms with Crippen molar-refractivity contribution in [2.45, 2.75) is 26.3 Å². The molecule has 6 nitrogen and oxygen atoms in total. The number of ether oxygens (including phenoxy) is 1. The molecule has 1 aliphatic heterocycles. The molecule has 1 N–H and O–H groups in total. The highest BCUT2D eigenvalue weighted by Crippen LogP contribution is 2.23. The van der Waals surface area contributed by atoms with Gasteiger partial charge in [0.1, 0.15) is 11.8 Å². The summed E-state index contributed by atoms with van der Waals surface area (Å²) >= 11 is 1.56. The van der Waals surface area contributed by atoms with Gasteiger partial charge in [-0.2, -0.15) is 5.26 Å². The molecule has 1 unspecified atom stereocenters. The minimum absolute atomic E-state index is 0.0983. The third-order valence-electron chi connectivity index (χ3n) is 4.85. The number of thioether (sulfide) groups is 1. The Hall–Kier alpha value is -2.98. The highest BCUT2D eigenvalue weighted by molar-refractivity contribution is 7.99. The summed E-state index contributed by atoms with van der Waals surface area (Å²) in [5, 5.41) is 11.7. The molecule has 7 heteroatoms. The number of benzene rings is 2. The molecule has 0 radical (unpaired) electrons. The predicted octanol–water partition coefficient (Wildman–Crippen LogP) is 3.48. The highest BCUT2D eigenvalue weighted by Gasteiger charge is 2.34. The maximum Gasteiger partial charge on any atom is 0.248 e. The number of carbonyl (C=O) groups excluding carboxylic acids is 2. The Labute approximate surface area is 174 Å². The van der Waals surface area contributed by atoms with E-state index < -0.39 is 6.04 Å². The summed E-state index contributed by atoms with van der Waals surface area (Å²) in [7, 11) is 0. The Morgan fingerprint density at radius 1 is 1.21 bits per heavy atom. The van der Waals surface area contributed by atoms with E-state index in [9.17, 15) is 9.59 Å². The Kier molecular flexibility index (Phi) is 6.78. The van der Waals surface area contributed by atoms with Crippen LogP contribution in [0.4, 0.5) is 5.69 Å². The van der Waals surface area contributed by atoms with Crippen LogP contribution in [-0.2, 0) is 9.59 Å². The summed E-state index contributed by atoms with van der Waals surface area (Å²) in [5.74, 6) is 1.48. The molecule has 150 valence electrons. The zero-order valence-electron chi connectivity index (χ0n) is 16.5. The van der Waals surface area contributed by atoms with E-state index in [0.29, 0.717) is 22.9 Å². The smallest absolute Gasteiger partial charge is 0.248 e. The van der Waals surface area contributed by atoms with Gasteiger partial charge in [0.2, 0.25) is 11.8 Å². The first kappa shape index (κ1) is 20.7. The van der Waals surface area contributed by atoms with E-state index in [1.54, 1.807) is 40.9 Å². The van der Waals surface area contributed by atoms with Crippen LogP contribution in [-0.4, -0.2) is 41.0 Å². The van der Waals surface area contributed by atoms with Crippen LogP contribution < -0.4 is 10.1 Å². The van der Waals surface area contributed by atoms with Gasteiger partial charge in [-0.25, -0.2) is 0 Å². The number of nitriles is 1. The fourth-order valence-corrected chi connectivity index (χ4v) is 4.14. The van der Waals surface area contributed by atoms with Crippen molar-refractivity contribution in [1.82, 2.24) is 4.90 Å². The van der Waals surface area contributed by atoms with Crippen molar-refractivity contribution in [3.05, 3.63) is 59.2 Å². The first-order chi connectivity index (χ1) is 14.0. The summed E-state index contributed by atoms with van der Waals surface area (Å²) in [6.45, 7) is 4.33. The summed E-state index contributed by atoms with van der Waals surface area (Å²) in [6, 6.07) is 14.0. The van der Waals surface area contributed by atoms with Crippen molar-refractivity contribution in [2.24, 2.45) is 0 Å². The van der Waals surface area contributed by atoms with Crippen molar-refractivity contribution < 1.29 is 14.3 Å². The van der Waals surface area contributed by atoms with Crippen molar-refractivity contribution >= 4 is 29.3 Å². The maximum absolute atomic E-state index is 12.6. The maximum atomic E-state index is 12.6. The van der Waals surface area contributed by atoms with E-state index in [1.807, 2.05) is 38.1 Å². The van der Waals surface area contributed by atoms with Crippen LogP contribution in [0.15, 0.2) is 42.5 Å². The molecule has 3 rings (SSSR count).